The Morgan fingerprint density at radius 3 is 2.69 bits per heavy atom. The number of rotatable bonds is 4. The van der Waals surface area contributed by atoms with E-state index in [-0.39, 0.29) is 0 Å². The predicted octanol–water partition coefficient (Wildman–Crippen LogP) is 4.71. The van der Waals surface area contributed by atoms with Crippen molar-refractivity contribution >= 4 is 33.4 Å². The van der Waals surface area contributed by atoms with Gasteiger partial charge in [-0.25, -0.2) is 14.3 Å². The minimum absolute atomic E-state index is 0.333. The Balaban J connectivity index is 1.01. The van der Waals surface area contributed by atoms with Gasteiger partial charge in [0.25, 0.3) is 0 Å². The lowest BCUT2D eigenvalue weighted by molar-refractivity contribution is -1.06. The largest absolute Gasteiger partial charge is 0.420 e. The standard InChI is InChI=1S/C27H31BrN7O/c28-22-16-31-34-24(30-15-17-2-1-5-29-14-17)10-23(32-25(22)34)19-3-6-33(7-4-19)26(36)35-20-8-18-9-21(35)13-27(35,11-18)12-20/h1-2,5,10,14,16,18-21,30H,3-4,6-9,11-13,15H2/q+1/t18?,20-,21+,27?,35?. The molecule has 1 spiro atoms. The van der Waals surface area contributed by atoms with Crippen molar-refractivity contribution in [2.24, 2.45) is 5.92 Å². The van der Waals surface area contributed by atoms with Crippen LogP contribution < -0.4 is 5.32 Å². The van der Waals surface area contributed by atoms with Gasteiger partial charge in [0, 0.05) is 69.0 Å². The first-order valence-electron chi connectivity index (χ1n) is 13.4. The smallest absolute Gasteiger partial charge is 0.366 e. The number of carbonyl (C=O) groups is 1. The van der Waals surface area contributed by atoms with Crippen LogP contribution in [-0.2, 0) is 6.54 Å². The Labute approximate surface area is 218 Å². The van der Waals surface area contributed by atoms with Gasteiger partial charge in [0.05, 0.1) is 23.5 Å². The quantitative estimate of drug-likeness (QED) is 0.477. The number of halogens is 1. The topological polar surface area (TPSA) is 75.4 Å². The molecule has 8 fully saturated rings. The Hall–Kier alpha value is -2.52. The number of piperidine rings is 5. The van der Waals surface area contributed by atoms with E-state index in [1.807, 2.05) is 16.8 Å². The summed E-state index contributed by atoms with van der Waals surface area (Å²) in [6, 6.07) is 7.87. The van der Waals surface area contributed by atoms with Crippen molar-refractivity contribution in [3.05, 3.63) is 52.5 Å². The normalized spacial score (nSPS) is 34.4. The van der Waals surface area contributed by atoms with E-state index in [1.54, 1.807) is 12.4 Å². The molecule has 8 aliphatic rings. The molecule has 3 unspecified atom stereocenters. The third-order valence-corrected chi connectivity index (χ3v) is 10.8. The molecule has 6 saturated heterocycles. The van der Waals surface area contributed by atoms with Crippen LogP contribution in [-0.4, -0.2) is 65.7 Å². The lowest BCUT2D eigenvalue weighted by Gasteiger charge is -2.81. The molecule has 1 N–H and O–H groups in total. The monoisotopic (exact) mass is 548 g/mol. The van der Waals surface area contributed by atoms with Crippen LogP contribution >= 0.6 is 15.9 Å². The SMILES string of the molecule is O=C(N1CCC(c2cc(NCc3cccnc3)n3ncc(Br)c3n2)CC1)[N+]12[C@@H]3CC4C[C@H]1CC2(C4)C3. The maximum atomic E-state index is 14.0. The van der Waals surface area contributed by atoms with Crippen LogP contribution in [0.15, 0.2) is 41.3 Å². The first-order valence-corrected chi connectivity index (χ1v) is 14.2. The number of amides is 2. The number of hydrogen-bond acceptors (Lipinski definition) is 5. The molecule has 3 aromatic rings. The third kappa shape index (κ3) is 2.73. The first kappa shape index (κ1) is 21.6. The first-order chi connectivity index (χ1) is 17.6. The fraction of sp³-hybridized carbons (Fsp3) is 0.556. The number of aromatic nitrogens is 4. The lowest BCUT2D eigenvalue weighted by Crippen LogP contribution is -2.97. The van der Waals surface area contributed by atoms with E-state index in [9.17, 15) is 4.79 Å². The minimum Gasteiger partial charge on any atom is -0.366 e. The maximum Gasteiger partial charge on any atom is 0.420 e. The van der Waals surface area contributed by atoms with Crippen LogP contribution in [0.3, 0.4) is 0 Å². The number of likely N-dealkylation sites (tertiary alicyclic amines) is 1. The number of quaternary nitrogens is 1. The number of anilines is 1. The zero-order valence-corrected chi connectivity index (χ0v) is 21.9. The molecule has 5 bridgehead atoms. The van der Waals surface area contributed by atoms with Crippen molar-refractivity contribution < 1.29 is 9.28 Å². The summed E-state index contributed by atoms with van der Waals surface area (Å²) in [6.07, 6.45) is 13.9. The number of nitrogens with zero attached hydrogens (tertiary/aromatic N) is 6. The van der Waals surface area contributed by atoms with Crippen LogP contribution in [0.2, 0.25) is 0 Å². The van der Waals surface area contributed by atoms with Gasteiger partial charge in [0.1, 0.15) is 23.4 Å². The van der Waals surface area contributed by atoms with Gasteiger partial charge in [-0.15, -0.1) is 0 Å². The van der Waals surface area contributed by atoms with Crippen molar-refractivity contribution in [3.8, 4) is 0 Å². The number of fused-ring (bicyclic) bond motifs is 1. The van der Waals surface area contributed by atoms with Crippen molar-refractivity contribution in [3.63, 3.8) is 0 Å². The average molecular weight is 549 g/mol. The van der Waals surface area contributed by atoms with E-state index in [4.69, 9.17) is 4.98 Å². The summed E-state index contributed by atoms with van der Waals surface area (Å²) in [7, 11) is 0. The maximum absolute atomic E-state index is 14.0. The molecular weight excluding hydrogens is 518 g/mol. The zero-order chi connectivity index (χ0) is 24.1. The Kier molecular flexibility index (Phi) is 4.49. The second-order valence-corrected chi connectivity index (χ2v) is 12.7. The van der Waals surface area contributed by atoms with Crippen LogP contribution in [0, 0.1) is 5.92 Å². The highest BCUT2D eigenvalue weighted by atomic mass is 79.9. The van der Waals surface area contributed by atoms with Crippen LogP contribution in [0.5, 0.6) is 0 Å². The van der Waals surface area contributed by atoms with Crippen molar-refractivity contribution in [1.82, 2.24) is 24.5 Å². The summed E-state index contributed by atoms with van der Waals surface area (Å²) in [5.41, 5.74) is 3.36. The molecule has 0 radical (unpaired) electrons. The molecule has 2 saturated carbocycles. The number of pyridine rings is 1. The van der Waals surface area contributed by atoms with E-state index < -0.39 is 0 Å². The summed E-state index contributed by atoms with van der Waals surface area (Å²) in [5, 5.41) is 8.06. The van der Waals surface area contributed by atoms with Crippen molar-refractivity contribution in [2.75, 3.05) is 18.4 Å². The minimum atomic E-state index is 0.333. The average Bonchev–Trinajstić information content (AvgIpc) is 3.28. The highest BCUT2D eigenvalue weighted by Gasteiger charge is 2.86. The van der Waals surface area contributed by atoms with Gasteiger partial charge in [0.2, 0.25) is 0 Å². The highest BCUT2D eigenvalue weighted by Crippen LogP contribution is 2.72. The summed E-state index contributed by atoms with van der Waals surface area (Å²) < 4.78 is 3.60. The Bertz CT molecular complexity index is 1350. The fourth-order valence-corrected chi connectivity index (χ4v) is 9.23. The number of carbonyl (C=O) groups excluding carboxylic acids is 1. The molecule has 186 valence electrons. The molecule has 8 nitrogen and oxygen atoms in total. The fourth-order valence-electron chi connectivity index (χ4n) is 8.89. The van der Waals surface area contributed by atoms with E-state index in [0.29, 0.717) is 36.1 Å². The second kappa shape index (κ2) is 7.51. The Morgan fingerprint density at radius 2 is 1.97 bits per heavy atom. The van der Waals surface area contributed by atoms with E-state index in [2.05, 4.69) is 48.4 Å². The van der Waals surface area contributed by atoms with Gasteiger partial charge in [-0.1, -0.05) is 6.07 Å². The van der Waals surface area contributed by atoms with E-state index >= 15 is 0 Å². The second-order valence-electron chi connectivity index (χ2n) is 11.8. The number of nitrogens with one attached hydrogen (secondary N) is 1. The summed E-state index contributed by atoms with van der Waals surface area (Å²) in [5.74, 6) is 2.18. The van der Waals surface area contributed by atoms with Gasteiger partial charge in [-0.3, -0.25) is 9.88 Å². The van der Waals surface area contributed by atoms with Crippen LogP contribution in [0.1, 0.15) is 62.1 Å². The van der Waals surface area contributed by atoms with Gasteiger partial charge < -0.3 is 5.32 Å². The van der Waals surface area contributed by atoms with Gasteiger partial charge in [-0.05, 0) is 46.3 Å². The summed E-state index contributed by atoms with van der Waals surface area (Å²) in [4.78, 5) is 25.4. The Morgan fingerprint density at radius 1 is 1.17 bits per heavy atom. The van der Waals surface area contributed by atoms with Gasteiger partial charge >= 0.3 is 6.03 Å². The highest BCUT2D eigenvalue weighted by molar-refractivity contribution is 9.10. The number of hydrogen-bond donors (Lipinski definition) is 1. The van der Waals surface area contributed by atoms with Crippen molar-refractivity contribution in [2.45, 2.75) is 75.0 Å². The molecule has 6 aliphatic heterocycles. The van der Waals surface area contributed by atoms with E-state index in [1.165, 1.54) is 32.1 Å². The molecule has 2 amide bonds. The lowest BCUT2D eigenvalue weighted by atomic mass is 9.45. The van der Waals surface area contributed by atoms with Crippen LogP contribution in [0.4, 0.5) is 10.6 Å². The third-order valence-electron chi connectivity index (χ3n) is 10.2. The zero-order valence-electron chi connectivity index (χ0n) is 20.3. The predicted molar refractivity (Wildman–Crippen MR) is 138 cm³/mol. The molecule has 5 atom stereocenters. The molecule has 3 aromatic heterocycles. The van der Waals surface area contributed by atoms with Gasteiger partial charge in [-0.2, -0.15) is 9.61 Å². The molecule has 9 heterocycles. The molecular formula is C27H31BrN7O+. The molecule has 11 rings (SSSR count). The molecule has 9 heteroatoms. The number of urea groups is 1. The van der Waals surface area contributed by atoms with Crippen LogP contribution in [0.25, 0.3) is 5.65 Å². The summed E-state index contributed by atoms with van der Waals surface area (Å²) >= 11 is 3.63. The molecule has 36 heavy (non-hydrogen) atoms. The summed E-state index contributed by atoms with van der Waals surface area (Å²) in [6.45, 7) is 2.35. The van der Waals surface area contributed by atoms with E-state index in [0.717, 1.165) is 63.5 Å². The molecule has 0 aromatic carbocycles. The van der Waals surface area contributed by atoms with Crippen molar-refractivity contribution in [1.29, 1.82) is 0 Å². The molecule has 2 aliphatic carbocycles. The van der Waals surface area contributed by atoms with Gasteiger partial charge in [0.15, 0.2) is 5.65 Å².